The minimum Gasteiger partial charge on any atom is -0.481 e. The molecule has 1 heterocycles. The van der Waals surface area contributed by atoms with Crippen molar-refractivity contribution in [1.82, 2.24) is 4.90 Å². The number of ether oxygens (including phenoxy) is 1. The number of hydrogen-bond acceptors (Lipinski definition) is 3. The van der Waals surface area contributed by atoms with Crippen molar-refractivity contribution in [1.29, 1.82) is 0 Å². The quantitative estimate of drug-likeness (QED) is 0.818. The Bertz CT molecular complexity index is 660. The van der Waals surface area contributed by atoms with Gasteiger partial charge in [-0.1, -0.05) is 6.07 Å². The number of amides is 1. The fourth-order valence-corrected chi connectivity index (χ4v) is 3.40. The van der Waals surface area contributed by atoms with E-state index in [-0.39, 0.29) is 36.8 Å². The predicted octanol–water partition coefficient (Wildman–Crippen LogP) is 2.55. The molecular formula is C18H21F2NO4. The van der Waals surface area contributed by atoms with Crippen molar-refractivity contribution in [2.75, 3.05) is 19.7 Å². The summed E-state index contributed by atoms with van der Waals surface area (Å²) in [6.07, 6.45) is 2.06. The lowest BCUT2D eigenvalue weighted by Gasteiger charge is -2.25. The molecule has 5 nitrogen and oxygen atoms in total. The maximum Gasteiger partial charge on any atom is 0.305 e. The highest BCUT2D eigenvalue weighted by Crippen LogP contribution is 2.49. The molecule has 0 bridgehead atoms. The van der Waals surface area contributed by atoms with Gasteiger partial charge in [-0.15, -0.1) is 0 Å². The smallest absolute Gasteiger partial charge is 0.305 e. The second-order valence-corrected chi connectivity index (χ2v) is 6.68. The maximum atomic E-state index is 13.9. The molecule has 0 aromatic heterocycles. The van der Waals surface area contributed by atoms with Gasteiger partial charge in [0.2, 0.25) is 5.91 Å². The van der Waals surface area contributed by atoms with Crippen LogP contribution in [0.15, 0.2) is 18.2 Å². The first-order valence-corrected chi connectivity index (χ1v) is 8.53. The molecular weight excluding hydrogens is 332 g/mol. The Morgan fingerprint density at radius 3 is 2.76 bits per heavy atom. The summed E-state index contributed by atoms with van der Waals surface area (Å²) < 4.78 is 32.5. The Morgan fingerprint density at radius 1 is 1.32 bits per heavy atom. The van der Waals surface area contributed by atoms with E-state index in [0.717, 1.165) is 18.9 Å². The van der Waals surface area contributed by atoms with Crippen molar-refractivity contribution in [2.24, 2.45) is 5.92 Å². The first-order valence-electron chi connectivity index (χ1n) is 8.53. The van der Waals surface area contributed by atoms with Crippen molar-refractivity contribution in [3.63, 3.8) is 0 Å². The fraction of sp³-hybridized carbons (Fsp3) is 0.556. The average Bonchev–Trinajstić information content (AvgIpc) is 3.17. The van der Waals surface area contributed by atoms with Gasteiger partial charge in [-0.05, 0) is 36.8 Å². The van der Waals surface area contributed by atoms with E-state index in [0.29, 0.717) is 25.1 Å². The van der Waals surface area contributed by atoms with Crippen molar-refractivity contribution in [2.45, 2.75) is 37.7 Å². The van der Waals surface area contributed by atoms with Crippen LogP contribution < -0.4 is 0 Å². The van der Waals surface area contributed by atoms with Gasteiger partial charge in [-0.2, -0.15) is 0 Å². The number of carbonyl (C=O) groups is 2. The number of benzene rings is 1. The number of carbonyl (C=O) groups excluding carboxylic acids is 1. The van der Waals surface area contributed by atoms with Gasteiger partial charge >= 0.3 is 5.97 Å². The van der Waals surface area contributed by atoms with Gasteiger partial charge in [0, 0.05) is 31.7 Å². The van der Waals surface area contributed by atoms with Crippen LogP contribution in [0.1, 0.15) is 37.2 Å². The number of carboxylic acid groups (broad SMARTS) is 1. The summed E-state index contributed by atoms with van der Waals surface area (Å²) >= 11 is 0. The second kappa shape index (κ2) is 7.47. The van der Waals surface area contributed by atoms with Gasteiger partial charge in [-0.3, -0.25) is 9.59 Å². The molecule has 1 amide bonds. The van der Waals surface area contributed by atoms with E-state index in [1.165, 1.54) is 17.0 Å². The first kappa shape index (κ1) is 17.8. The van der Waals surface area contributed by atoms with Gasteiger partial charge in [0.1, 0.15) is 11.6 Å². The van der Waals surface area contributed by atoms with Crippen molar-refractivity contribution in [3.05, 3.63) is 35.4 Å². The Kier molecular flexibility index (Phi) is 5.32. The maximum absolute atomic E-state index is 13.9. The third-order valence-corrected chi connectivity index (χ3v) is 4.82. The van der Waals surface area contributed by atoms with Crippen molar-refractivity contribution in [3.8, 4) is 0 Å². The molecule has 2 aliphatic rings. The third kappa shape index (κ3) is 4.34. The second-order valence-electron chi connectivity index (χ2n) is 6.68. The van der Waals surface area contributed by atoms with Crippen molar-refractivity contribution < 1.29 is 28.2 Å². The largest absolute Gasteiger partial charge is 0.481 e. The Labute approximate surface area is 144 Å². The average molecular weight is 353 g/mol. The molecule has 0 radical (unpaired) electrons. The molecule has 1 saturated carbocycles. The van der Waals surface area contributed by atoms with E-state index >= 15 is 0 Å². The van der Waals surface area contributed by atoms with Crippen LogP contribution in [0, 0.1) is 17.6 Å². The van der Waals surface area contributed by atoms with Crippen LogP contribution in [-0.4, -0.2) is 47.7 Å². The zero-order valence-corrected chi connectivity index (χ0v) is 13.8. The van der Waals surface area contributed by atoms with E-state index in [9.17, 15) is 18.4 Å². The lowest BCUT2D eigenvalue weighted by molar-refractivity contribution is -0.139. The molecule has 1 aromatic rings. The minimum atomic E-state index is -0.970. The number of nitrogens with zero attached hydrogens (tertiary/aromatic N) is 1. The monoisotopic (exact) mass is 353 g/mol. The molecule has 3 rings (SSSR count). The van der Waals surface area contributed by atoms with E-state index in [1.807, 2.05) is 0 Å². The van der Waals surface area contributed by atoms with Gasteiger partial charge in [-0.25, -0.2) is 8.78 Å². The number of hydrogen-bond donors (Lipinski definition) is 1. The van der Waals surface area contributed by atoms with Crippen LogP contribution in [0.3, 0.4) is 0 Å². The summed E-state index contributed by atoms with van der Waals surface area (Å²) in [7, 11) is 0. The van der Waals surface area contributed by atoms with E-state index < -0.39 is 17.6 Å². The van der Waals surface area contributed by atoms with Crippen LogP contribution in [0.25, 0.3) is 0 Å². The Morgan fingerprint density at radius 2 is 2.12 bits per heavy atom. The molecule has 136 valence electrons. The normalized spacial score (nSPS) is 25.0. The summed E-state index contributed by atoms with van der Waals surface area (Å²) in [5.74, 6) is -3.09. The van der Waals surface area contributed by atoms with E-state index in [1.54, 1.807) is 0 Å². The predicted molar refractivity (Wildman–Crippen MR) is 85.0 cm³/mol. The molecule has 7 heteroatoms. The fourth-order valence-electron chi connectivity index (χ4n) is 3.40. The van der Waals surface area contributed by atoms with Crippen LogP contribution in [0.4, 0.5) is 8.78 Å². The zero-order valence-electron chi connectivity index (χ0n) is 13.8. The van der Waals surface area contributed by atoms with E-state index in [4.69, 9.17) is 9.84 Å². The summed E-state index contributed by atoms with van der Waals surface area (Å²) in [5, 5.41) is 8.90. The highest BCUT2D eigenvalue weighted by molar-refractivity contribution is 5.83. The summed E-state index contributed by atoms with van der Waals surface area (Å²) in [5.41, 5.74) is 0.343. The molecule has 3 atom stereocenters. The van der Waals surface area contributed by atoms with Crippen LogP contribution in [0.5, 0.6) is 0 Å². The molecule has 1 aliphatic heterocycles. The molecule has 1 aromatic carbocycles. The highest BCUT2D eigenvalue weighted by atomic mass is 19.1. The Balaban J connectivity index is 1.66. The third-order valence-electron chi connectivity index (χ3n) is 4.82. The lowest BCUT2D eigenvalue weighted by atomic mass is 10.1. The van der Waals surface area contributed by atoms with Crippen LogP contribution in [-0.2, 0) is 14.3 Å². The molecule has 0 unspecified atom stereocenters. The SMILES string of the molecule is O=C(O)CCN(C[C@@H]1CCCO1)C(=O)[C@@H]1C[C@@H]1c1ccc(F)cc1F. The van der Waals surface area contributed by atoms with E-state index in [2.05, 4.69) is 0 Å². The van der Waals surface area contributed by atoms with Crippen molar-refractivity contribution >= 4 is 11.9 Å². The number of rotatable bonds is 7. The Hall–Kier alpha value is -2.02. The molecule has 1 aliphatic carbocycles. The summed E-state index contributed by atoms with van der Waals surface area (Å²) in [4.78, 5) is 25.1. The van der Waals surface area contributed by atoms with Gasteiger partial charge in [0.25, 0.3) is 0 Å². The van der Waals surface area contributed by atoms with Gasteiger partial charge in [0.15, 0.2) is 0 Å². The van der Waals surface area contributed by atoms with Gasteiger partial charge in [0.05, 0.1) is 12.5 Å². The zero-order chi connectivity index (χ0) is 18.0. The summed E-state index contributed by atoms with van der Waals surface area (Å²) in [6, 6.07) is 3.39. The minimum absolute atomic E-state index is 0.0718. The molecule has 1 N–H and O–H groups in total. The molecule has 0 spiro atoms. The number of aliphatic carboxylic acids is 1. The molecule has 25 heavy (non-hydrogen) atoms. The molecule has 2 fully saturated rings. The number of halogens is 2. The highest BCUT2D eigenvalue weighted by Gasteiger charge is 2.47. The standard InChI is InChI=1S/C18H21F2NO4/c19-11-3-4-13(16(20)8-11)14-9-15(14)18(24)21(6-5-17(22)23)10-12-2-1-7-25-12/h3-4,8,12,14-15H,1-2,5-7,9-10H2,(H,22,23)/t12-,14+,15+/m0/s1. The van der Waals surface area contributed by atoms with Crippen LogP contribution in [0.2, 0.25) is 0 Å². The first-order chi connectivity index (χ1) is 12.0. The van der Waals surface area contributed by atoms with Gasteiger partial charge < -0.3 is 14.7 Å². The van der Waals surface area contributed by atoms with Crippen LogP contribution >= 0.6 is 0 Å². The molecule has 1 saturated heterocycles. The summed E-state index contributed by atoms with van der Waals surface area (Å²) in [6.45, 7) is 1.13. The lowest BCUT2D eigenvalue weighted by Crippen LogP contribution is -2.39. The number of carboxylic acids is 1. The topological polar surface area (TPSA) is 66.8 Å².